The van der Waals surface area contributed by atoms with E-state index in [2.05, 4.69) is 24.1 Å². The summed E-state index contributed by atoms with van der Waals surface area (Å²) in [6, 6.07) is 0. The monoisotopic (exact) mass is 252 g/mol. The summed E-state index contributed by atoms with van der Waals surface area (Å²) < 4.78 is 0. The molecule has 1 heterocycles. The van der Waals surface area contributed by atoms with Crippen LogP contribution in [0.15, 0.2) is 12.2 Å². The quantitative estimate of drug-likeness (QED) is 0.791. The van der Waals surface area contributed by atoms with Gasteiger partial charge in [0.25, 0.3) is 0 Å². The van der Waals surface area contributed by atoms with Crippen LogP contribution >= 0.6 is 11.3 Å². The molecule has 0 aliphatic rings. The third kappa shape index (κ3) is 4.69. The van der Waals surface area contributed by atoms with Crippen molar-refractivity contribution < 1.29 is 4.79 Å². The molecule has 1 N–H and O–H groups in total. The van der Waals surface area contributed by atoms with Gasteiger partial charge in [-0.25, -0.2) is 4.98 Å². The fraction of sp³-hybridized carbons (Fsp3) is 0.538. The number of nitrogens with zero attached hydrogens (tertiary/aromatic N) is 1. The second-order valence-corrected chi connectivity index (χ2v) is 5.10. The average molecular weight is 252 g/mol. The van der Waals surface area contributed by atoms with Gasteiger partial charge in [-0.05, 0) is 19.8 Å². The molecule has 0 aliphatic heterocycles. The topological polar surface area (TPSA) is 42.0 Å². The van der Waals surface area contributed by atoms with Crippen molar-refractivity contribution in [3.05, 3.63) is 27.7 Å². The molecule has 0 spiro atoms. The number of aromatic nitrogens is 1. The van der Waals surface area contributed by atoms with E-state index in [0.717, 1.165) is 23.5 Å². The highest BCUT2D eigenvalue weighted by Gasteiger charge is 2.08. The zero-order chi connectivity index (χ0) is 12.7. The first-order chi connectivity index (χ1) is 8.17. The predicted octanol–water partition coefficient (Wildman–Crippen LogP) is 2.99. The van der Waals surface area contributed by atoms with Crippen molar-refractivity contribution in [2.75, 3.05) is 0 Å². The number of rotatable bonds is 6. The van der Waals surface area contributed by atoms with Gasteiger partial charge >= 0.3 is 0 Å². The van der Waals surface area contributed by atoms with Gasteiger partial charge in [-0.15, -0.1) is 11.3 Å². The van der Waals surface area contributed by atoms with Crippen LogP contribution in [0.3, 0.4) is 0 Å². The molecule has 0 bridgehead atoms. The summed E-state index contributed by atoms with van der Waals surface area (Å²) in [5, 5.41) is 3.99. The van der Waals surface area contributed by atoms with E-state index in [9.17, 15) is 4.79 Å². The Hall–Kier alpha value is -1.16. The van der Waals surface area contributed by atoms with E-state index >= 15 is 0 Å². The van der Waals surface area contributed by atoms with E-state index in [4.69, 9.17) is 0 Å². The number of allylic oxidation sites excluding steroid dienone is 1. The normalized spacial score (nSPS) is 11.0. The molecule has 1 aromatic rings. The van der Waals surface area contributed by atoms with E-state index in [1.54, 1.807) is 11.3 Å². The summed E-state index contributed by atoms with van der Waals surface area (Å²) in [4.78, 5) is 17.1. The van der Waals surface area contributed by atoms with Gasteiger partial charge in [0, 0.05) is 11.3 Å². The Morgan fingerprint density at radius 3 is 2.82 bits per heavy atom. The summed E-state index contributed by atoms with van der Waals surface area (Å²) in [7, 11) is 0. The van der Waals surface area contributed by atoms with E-state index in [1.807, 2.05) is 19.1 Å². The zero-order valence-electron chi connectivity index (χ0n) is 10.7. The summed E-state index contributed by atoms with van der Waals surface area (Å²) in [5.74, 6) is 0.0720. The SMILES string of the molecule is CC/C=C/CC(=O)NCc1sc(C)nc1CC. The largest absolute Gasteiger partial charge is 0.351 e. The number of carbonyl (C=O) groups excluding carboxylic acids is 1. The van der Waals surface area contributed by atoms with E-state index < -0.39 is 0 Å². The van der Waals surface area contributed by atoms with Gasteiger partial charge in [-0.2, -0.15) is 0 Å². The number of carbonyl (C=O) groups is 1. The Bertz CT molecular complexity index is 396. The molecule has 17 heavy (non-hydrogen) atoms. The van der Waals surface area contributed by atoms with Crippen LogP contribution in [0.2, 0.25) is 0 Å². The number of hydrogen-bond donors (Lipinski definition) is 1. The number of thiazole rings is 1. The first-order valence-electron chi connectivity index (χ1n) is 6.04. The van der Waals surface area contributed by atoms with E-state index in [1.165, 1.54) is 4.88 Å². The Kier molecular flexibility index (Phi) is 5.91. The van der Waals surface area contributed by atoms with E-state index in [0.29, 0.717) is 13.0 Å². The Labute approximate surface area is 107 Å². The van der Waals surface area contributed by atoms with Crippen LogP contribution in [-0.2, 0) is 17.8 Å². The van der Waals surface area contributed by atoms with Crippen LogP contribution in [0.4, 0.5) is 0 Å². The van der Waals surface area contributed by atoms with Crippen molar-refractivity contribution >= 4 is 17.2 Å². The molecular weight excluding hydrogens is 232 g/mol. The lowest BCUT2D eigenvalue weighted by molar-refractivity contribution is -0.120. The van der Waals surface area contributed by atoms with Gasteiger partial charge in [0.1, 0.15) is 0 Å². The summed E-state index contributed by atoms with van der Waals surface area (Å²) in [5.41, 5.74) is 1.11. The standard InChI is InChI=1S/C13H20N2OS/c1-4-6-7-8-13(16)14-9-12-11(5-2)15-10(3)17-12/h6-7H,4-5,8-9H2,1-3H3,(H,14,16)/b7-6+. The predicted molar refractivity (Wildman–Crippen MR) is 72.1 cm³/mol. The number of aryl methyl sites for hydroxylation is 2. The molecule has 1 aromatic heterocycles. The fourth-order valence-corrected chi connectivity index (χ4v) is 2.50. The van der Waals surface area contributed by atoms with Gasteiger partial charge in [0.2, 0.25) is 5.91 Å². The minimum absolute atomic E-state index is 0.0720. The lowest BCUT2D eigenvalue weighted by atomic mass is 10.3. The molecule has 3 nitrogen and oxygen atoms in total. The Morgan fingerprint density at radius 2 is 2.18 bits per heavy atom. The minimum Gasteiger partial charge on any atom is -0.351 e. The average Bonchev–Trinajstić information content (AvgIpc) is 2.67. The Morgan fingerprint density at radius 1 is 1.41 bits per heavy atom. The molecule has 1 amide bonds. The molecule has 1 rings (SSSR count). The second-order valence-electron chi connectivity index (χ2n) is 3.82. The maximum Gasteiger partial charge on any atom is 0.224 e. The highest BCUT2D eigenvalue weighted by atomic mass is 32.1. The van der Waals surface area contributed by atoms with Crippen molar-refractivity contribution in [1.29, 1.82) is 0 Å². The number of nitrogens with one attached hydrogen (secondary N) is 1. The summed E-state index contributed by atoms with van der Waals surface area (Å²) in [6.45, 7) is 6.75. The molecule has 0 fully saturated rings. The Balaban J connectivity index is 2.44. The molecule has 0 saturated carbocycles. The second kappa shape index (κ2) is 7.22. The molecule has 0 saturated heterocycles. The van der Waals surface area contributed by atoms with Crippen molar-refractivity contribution in [3.63, 3.8) is 0 Å². The first kappa shape index (κ1) is 13.9. The maximum absolute atomic E-state index is 11.5. The van der Waals surface area contributed by atoms with Gasteiger partial charge < -0.3 is 5.32 Å². The fourth-order valence-electron chi connectivity index (χ4n) is 1.53. The van der Waals surface area contributed by atoms with Crippen molar-refractivity contribution in [2.45, 2.75) is 46.6 Å². The molecule has 0 radical (unpaired) electrons. The van der Waals surface area contributed by atoms with E-state index in [-0.39, 0.29) is 5.91 Å². The molecule has 0 aliphatic carbocycles. The first-order valence-corrected chi connectivity index (χ1v) is 6.85. The van der Waals surface area contributed by atoms with Crippen LogP contribution in [0.5, 0.6) is 0 Å². The third-order valence-electron chi connectivity index (χ3n) is 2.37. The lowest BCUT2D eigenvalue weighted by Gasteiger charge is -2.02. The van der Waals surface area contributed by atoms with Crippen molar-refractivity contribution in [3.8, 4) is 0 Å². The van der Waals surface area contributed by atoms with Gasteiger partial charge in [0.05, 0.1) is 17.2 Å². The van der Waals surface area contributed by atoms with Crippen LogP contribution in [0, 0.1) is 6.92 Å². The van der Waals surface area contributed by atoms with Crippen LogP contribution in [0.1, 0.15) is 42.3 Å². The van der Waals surface area contributed by atoms with Crippen molar-refractivity contribution in [2.24, 2.45) is 0 Å². The van der Waals surface area contributed by atoms with Gasteiger partial charge in [-0.1, -0.05) is 26.0 Å². The number of hydrogen-bond acceptors (Lipinski definition) is 3. The molecule has 0 unspecified atom stereocenters. The third-order valence-corrected chi connectivity index (χ3v) is 3.38. The highest BCUT2D eigenvalue weighted by molar-refractivity contribution is 7.11. The lowest BCUT2D eigenvalue weighted by Crippen LogP contribution is -2.21. The smallest absolute Gasteiger partial charge is 0.224 e. The minimum atomic E-state index is 0.0720. The molecule has 0 aromatic carbocycles. The van der Waals surface area contributed by atoms with Gasteiger partial charge in [-0.3, -0.25) is 4.79 Å². The molecular formula is C13H20N2OS. The molecule has 4 heteroatoms. The summed E-state index contributed by atoms with van der Waals surface area (Å²) in [6.07, 6.45) is 6.28. The van der Waals surface area contributed by atoms with Crippen LogP contribution in [-0.4, -0.2) is 10.9 Å². The summed E-state index contributed by atoms with van der Waals surface area (Å²) >= 11 is 1.67. The molecule has 94 valence electrons. The van der Waals surface area contributed by atoms with Crippen LogP contribution in [0.25, 0.3) is 0 Å². The zero-order valence-corrected chi connectivity index (χ0v) is 11.6. The highest BCUT2D eigenvalue weighted by Crippen LogP contribution is 2.18. The van der Waals surface area contributed by atoms with Crippen LogP contribution < -0.4 is 5.32 Å². The van der Waals surface area contributed by atoms with Gasteiger partial charge in [0.15, 0.2) is 0 Å². The maximum atomic E-state index is 11.5. The molecule has 0 atom stereocenters. The number of amides is 1. The van der Waals surface area contributed by atoms with Crippen molar-refractivity contribution in [1.82, 2.24) is 10.3 Å².